The Morgan fingerprint density at radius 2 is 1.68 bits per heavy atom. The molecule has 0 saturated heterocycles. The Kier molecular flexibility index (Phi) is 4.42. The summed E-state index contributed by atoms with van der Waals surface area (Å²) in [5.74, 6) is 0. The van der Waals surface area contributed by atoms with Crippen molar-refractivity contribution in [3.8, 4) is 0 Å². The first-order chi connectivity index (χ1) is 8.34. The van der Waals surface area contributed by atoms with Crippen molar-refractivity contribution in [3.05, 3.63) is 0 Å². The Morgan fingerprint density at radius 3 is 2.11 bits per heavy atom. The van der Waals surface area contributed by atoms with Crippen molar-refractivity contribution in [2.24, 2.45) is 11.1 Å². The third-order valence-electron chi connectivity index (χ3n) is 4.44. The highest BCUT2D eigenvalue weighted by Crippen LogP contribution is 2.45. The normalized spacial score (nSPS) is 27.3. The second kappa shape index (κ2) is 5.09. The minimum atomic E-state index is -1.86. The van der Waals surface area contributed by atoms with Crippen LogP contribution in [0.3, 0.4) is 0 Å². The van der Waals surface area contributed by atoms with Crippen LogP contribution < -0.4 is 5.73 Å². The molecule has 2 atom stereocenters. The van der Waals surface area contributed by atoms with Crippen LogP contribution in [0, 0.1) is 5.41 Å². The molecule has 0 aliphatic heterocycles. The first-order valence-corrected chi connectivity index (χ1v) is 9.89. The minimum Gasteiger partial charge on any atom is -0.444 e. The van der Waals surface area contributed by atoms with E-state index in [1.807, 2.05) is 0 Å². The molecule has 0 heterocycles. The van der Waals surface area contributed by atoms with Gasteiger partial charge < -0.3 is 14.9 Å². The quantitative estimate of drug-likeness (QED) is 0.806. The van der Waals surface area contributed by atoms with Crippen LogP contribution in [0.25, 0.3) is 0 Å². The van der Waals surface area contributed by atoms with Crippen molar-refractivity contribution < 1.29 is 14.0 Å². The molecule has 0 aromatic rings. The zero-order valence-electron chi connectivity index (χ0n) is 13.4. The number of primary amides is 1. The lowest BCUT2D eigenvalue weighted by Gasteiger charge is -2.39. The summed E-state index contributed by atoms with van der Waals surface area (Å²) in [5, 5.41) is 0.150. The summed E-state index contributed by atoms with van der Waals surface area (Å²) in [6.45, 7) is 15.4. The number of nitrogens with two attached hydrogens (primary N) is 1. The maximum absolute atomic E-state index is 11.0. The van der Waals surface area contributed by atoms with Crippen molar-refractivity contribution in [1.82, 2.24) is 0 Å². The molecule has 4 nitrogen and oxygen atoms in total. The Bertz CT molecular complexity index is 347. The molecule has 1 aliphatic carbocycles. The van der Waals surface area contributed by atoms with Gasteiger partial charge in [-0.25, -0.2) is 4.79 Å². The Hall–Kier alpha value is -0.553. The van der Waals surface area contributed by atoms with Gasteiger partial charge in [-0.2, -0.15) is 0 Å². The predicted molar refractivity (Wildman–Crippen MR) is 79.5 cm³/mol. The average molecular weight is 287 g/mol. The number of ether oxygens (including phenoxy) is 1. The highest BCUT2D eigenvalue weighted by atomic mass is 28.4. The lowest BCUT2D eigenvalue weighted by molar-refractivity contribution is 0.0325. The van der Waals surface area contributed by atoms with E-state index in [0.29, 0.717) is 0 Å². The van der Waals surface area contributed by atoms with E-state index in [-0.39, 0.29) is 22.7 Å². The number of amides is 1. The highest BCUT2D eigenvalue weighted by Gasteiger charge is 2.47. The molecule has 1 aliphatic rings. The monoisotopic (exact) mass is 287 g/mol. The van der Waals surface area contributed by atoms with Gasteiger partial charge in [0.15, 0.2) is 8.32 Å². The molecule has 0 unspecified atom stereocenters. The molecule has 1 fully saturated rings. The first-order valence-electron chi connectivity index (χ1n) is 6.98. The average Bonchev–Trinajstić information content (AvgIpc) is 2.36. The van der Waals surface area contributed by atoms with Crippen LogP contribution in [0.5, 0.6) is 0 Å². The van der Waals surface area contributed by atoms with Gasteiger partial charge in [0.25, 0.3) is 0 Å². The van der Waals surface area contributed by atoms with Crippen molar-refractivity contribution >= 4 is 14.4 Å². The fraction of sp³-hybridized carbons (Fsp3) is 0.929. The van der Waals surface area contributed by atoms with Gasteiger partial charge in [0, 0.05) is 0 Å². The van der Waals surface area contributed by atoms with Crippen LogP contribution in [0.1, 0.15) is 47.5 Å². The first kappa shape index (κ1) is 16.5. The number of carbonyl (C=O) groups excluding carboxylic acids is 1. The third-order valence-corrected chi connectivity index (χ3v) is 8.95. The van der Waals surface area contributed by atoms with Gasteiger partial charge in [-0.1, -0.05) is 34.6 Å². The van der Waals surface area contributed by atoms with E-state index < -0.39 is 14.4 Å². The molecule has 1 amide bonds. The van der Waals surface area contributed by atoms with E-state index in [2.05, 4.69) is 47.7 Å². The smallest absolute Gasteiger partial charge is 0.404 e. The summed E-state index contributed by atoms with van der Waals surface area (Å²) in [5.41, 5.74) is 5.30. The van der Waals surface area contributed by atoms with Crippen LogP contribution in [-0.2, 0) is 9.16 Å². The largest absolute Gasteiger partial charge is 0.444 e. The molecule has 1 saturated carbocycles. The molecule has 0 aromatic carbocycles. The summed E-state index contributed by atoms with van der Waals surface area (Å²) in [7, 11) is -1.86. The fourth-order valence-corrected chi connectivity index (χ4v) is 3.72. The van der Waals surface area contributed by atoms with Gasteiger partial charge >= 0.3 is 6.09 Å². The molecule has 112 valence electrons. The van der Waals surface area contributed by atoms with E-state index in [1.165, 1.54) is 0 Å². The van der Waals surface area contributed by atoms with Gasteiger partial charge in [0.05, 0.1) is 6.10 Å². The van der Waals surface area contributed by atoms with E-state index in [9.17, 15) is 4.79 Å². The number of rotatable bonds is 3. The summed E-state index contributed by atoms with van der Waals surface area (Å²) >= 11 is 0. The topological polar surface area (TPSA) is 61.5 Å². The Labute approximate surface area is 118 Å². The molecular formula is C14H29NO3Si. The fourth-order valence-electron chi connectivity index (χ4n) is 2.38. The molecule has 2 N–H and O–H groups in total. The van der Waals surface area contributed by atoms with Gasteiger partial charge in [0.2, 0.25) is 0 Å². The van der Waals surface area contributed by atoms with Crippen LogP contribution in [0.2, 0.25) is 18.1 Å². The number of hydrogen-bond acceptors (Lipinski definition) is 3. The van der Waals surface area contributed by atoms with Gasteiger partial charge in [-0.3, -0.25) is 0 Å². The van der Waals surface area contributed by atoms with Gasteiger partial charge in [-0.05, 0) is 36.4 Å². The van der Waals surface area contributed by atoms with E-state index in [1.54, 1.807) is 0 Å². The van der Waals surface area contributed by atoms with Gasteiger partial charge in [0.1, 0.15) is 6.10 Å². The molecule has 0 radical (unpaired) electrons. The molecule has 0 bridgehead atoms. The summed E-state index contributed by atoms with van der Waals surface area (Å²) in [6, 6.07) is 0. The maximum atomic E-state index is 11.0. The lowest BCUT2D eigenvalue weighted by atomic mass is 9.92. The number of hydrogen-bond donors (Lipinski definition) is 1. The summed E-state index contributed by atoms with van der Waals surface area (Å²) in [4.78, 5) is 11.0. The molecule has 0 spiro atoms. The second-order valence-corrected chi connectivity index (χ2v) is 12.7. The standard InChI is InChI=1S/C14H29NO3Si/c1-13(2,3)19(6,7)18-11-9-14(4,5)8-10(11)17-12(15)16/h10-11H,8-9H2,1-7H3,(H2,15,16)/t10-,11-/m1/s1. The lowest BCUT2D eigenvalue weighted by Crippen LogP contribution is -2.46. The van der Waals surface area contributed by atoms with Crippen molar-refractivity contribution in [3.63, 3.8) is 0 Å². The van der Waals surface area contributed by atoms with Crippen LogP contribution in [0.4, 0.5) is 4.79 Å². The molecule has 0 aromatic heterocycles. The zero-order valence-corrected chi connectivity index (χ0v) is 14.4. The zero-order chi connectivity index (χ0) is 15.1. The minimum absolute atomic E-state index is 0.0246. The molecule has 5 heteroatoms. The Morgan fingerprint density at radius 1 is 1.21 bits per heavy atom. The molecule has 19 heavy (non-hydrogen) atoms. The van der Waals surface area contributed by atoms with Gasteiger partial charge in [-0.15, -0.1) is 0 Å². The predicted octanol–water partition coefficient (Wildman–Crippen LogP) is 3.66. The number of carbonyl (C=O) groups is 1. The van der Waals surface area contributed by atoms with Crippen LogP contribution in [-0.4, -0.2) is 26.6 Å². The molecular weight excluding hydrogens is 258 g/mol. The summed E-state index contributed by atoms with van der Waals surface area (Å²) in [6.07, 6.45) is 0.795. The van der Waals surface area contributed by atoms with Crippen LogP contribution in [0.15, 0.2) is 0 Å². The van der Waals surface area contributed by atoms with E-state index in [0.717, 1.165) is 12.8 Å². The highest BCUT2D eigenvalue weighted by molar-refractivity contribution is 6.74. The second-order valence-electron chi connectivity index (χ2n) is 7.96. The van der Waals surface area contributed by atoms with E-state index >= 15 is 0 Å². The SMILES string of the molecule is CC1(C)C[C@@H](OC(N)=O)[C@H](O[Si](C)(C)C(C)(C)C)C1. The van der Waals surface area contributed by atoms with E-state index in [4.69, 9.17) is 14.9 Å². The molecule has 1 rings (SSSR count). The summed E-state index contributed by atoms with van der Waals surface area (Å²) < 4.78 is 11.7. The Balaban J connectivity index is 2.82. The van der Waals surface area contributed by atoms with Crippen molar-refractivity contribution in [2.45, 2.75) is 77.8 Å². The van der Waals surface area contributed by atoms with Crippen molar-refractivity contribution in [2.75, 3.05) is 0 Å². The van der Waals surface area contributed by atoms with Crippen LogP contribution >= 0.6 is 0 Å². The van der Waals surface area contributed by atoms with Crippen molar-refractivity contribution in [1.29, 1.82) is 0 Å². The third kappa shape index (κ3) is 4.21. The maximum Gasteiger partial charge on any atom is 0.404 e.